The van der Waals surface area contributed by atoms with Gasteiger partial charge in [-0.25, -0.2) is 0 Å². The summed E-state index contributed by atoms with van der Waals surface area (Å²) < 4.78 is 0.771. The van der Waals surface area contributed by atoms with Crippen LogP contribution in [0.2, 0.25) is 0 Å². The number of nitrogens with zero attached hydrogens (tertiary/aromatic N) is 2. The lowest BCUT2D eigenvalue weighted by molar-refractivity contribution is -0.120. The van der Waals surface area contributed by atoms with Crippen LogP contribution in [0.4, 0.5) is 5.13 Å². The Balaban J connectivity index is 1.91. The average Bonchev–Trinajstić information content (AvgIpc) is 2.48. The third kappa shape index (κ3) is 3.13. The van der Waals surface area contributed by atoms with Gasteiger partial charge in [-0.15, -0.1) is 10.2 Å². The van der Waals surface area contributed by atoms with E-state index in [9.17, 15) is 4.79 Å². The van der Waals surface area contributed by atoms with Crippen molar-refractivity contribution in [2.24, 2.45) is 0 Å². The number of aromatic nitrogens is 2. The van der Waals surface area contributed by atoms with Crippen LogP contribution in [0.5, 0.6) is 0 Å². The number of amides is 1. The molecule has 1 unspecified atom stereocenters. The maximum Gasteiger partial charge on any atom is 0.220 e. The summed E-state index contributed by atoms with van der Waals surface area (Å²) in [5.74, 6) is 0.137. The highest BCUT2D eigenvalue weighted by Crippen LogP contribution is 2.22. The molecule has 7 heteroatoms. The van der Waals surface area contributed by atoms with Gasteiger partial charge in [0, 0.05) is 19.0 Å². The zero-order valence-corrected chi connectivity index (χ0v) is 10.4. The minimum Gasteiger partial charge on any atom is -0.357 e. The minimum atomic E-state index is 0.137. The second-order valence-electron chi connectivity index (χ2n) is 3.38. The van der Waals surface area contributed by atoms with Crippen LogP contribution in [-0.2, 0) is 4.79 Å². The highest BCUT2D eigenvalue weighted by molar-refractivity contribution is 9.11. The predicted octanol–water partition coefficient (Wildman–Crippen LogP) is 1.38. The first-order chi connectivity index (χ1) is 7.24. The SMILES string of the molecule is O=C1CCC(Nc2nnc(Br)s2)CCN1. The van der Waals surface area contributed by atoms with E-state index in [1.165, 1.54) is 11.3 Å². The van der Waals surface area contributed by atoms with Gasteiger partial charge in [-0.3, -0.25) is 4.79 Å². The van der Waals surface area contributed by atoms with Gasteiger partial charge in [-0.05, 0) is 28.8 Å². The van der Waals surface area contributed by atoms with Gasteiger partial charge in [0.25, 0.3) is 0 Å². The quantitative estimate of drug-likeness (QED) is 0.864. The van der Waals surface area contributed by atoms with Crippen molar-refractivity contribution >= 4 is 38.3 Å². The molecule has 0 aliphatic carbocycles. The van der Waals surface area contributed by atoms with Crippen molar-refractivity contribution in [1.82, 2.24) is 15.5 Å². The van der Waals surface area contributed by atoms with E-state index in [0.717, 1.165) is 28.4 Å². The molecule has 1 amide bonds. The normalized spacial score (nSPS) is 21.9. The van der Waals surface area contributed by atoms with Gasteiger partial charge in [0.15, 0.2) is 3.92 Å². The molecule has 0 aromatic carbocycles. The topological polar surface area (TPSA) is 66.9 Å². The number of hydrogen-bond acceptors (Lipinski definition) is 5. The van der Waals surface area contributed by atoms with Crippen LogP contribution in [0.3, 0.4) is 0 Å². The van der Waals surface area contributed by atoms with Gasteiger partial charge >= 0.3 is 0 Å². The van der Waals surface area contributed by atoms with E-state index in [4.69, 9.17) is 0 Å². The van der Waals surface area contributed by atoms with Crippen molar-refractivity contribution in [1.29, 1.82) is 0 Å². The molecule has 1 aromatic heterocycles. The van der Waals surface area contributed by atoms with Crippen LogP contribution < -0.4 is 10.6 Å². The number of anilines is 1. The highest BCUT2D eigenvalue weighted by Gasteiger charge is 2.16. The Labute approximate surface area is 99.8 Å². The van der Waals surface area contributed by atoms with E-state index in [2.05, 4.69) is 36.8 Å². The molecule has 1 aliphatic heterocycles. The molecular weight excluding hydrogens is 280 g/mol. The maximum atomic E-state index is 11.1. The van der Waals surface area contributed by atoms with Gasteiger partial charge in [0.2, 0.25) is 11.0 Å². The molecule has 15 heavy (non-hydrogen) atoms. The number of nitrogens with one attached hydrogen (secondary N) is 2. The lowest BCUT2D eigenvalue weighted by Gasteiger charge is -2.13. The second-order valence-corrected chi connectivity index (χ2v) is 5.63. The van der Waals surface area contributed by atoms with E-state index in [1.807, 2.05) is 0 Å². The summed E-state index contributed by atoms with van der Waals surface area (Å²) in [4.78, 5) is 11.1. The average molecular weight is 291 g/mol. The summed E-state index contributed by atoms with van der Waals surface area (Å²) in [6.07, 6.45) is 2.36. The summed E-state index contributed by atoms with van der Waals surface area (Å²) in [5, 5.41) is 14.8. The van der Waals surface area contributed by atoms with E-state index in [1.54, 1.807) is 0 Å². The van der Waals surface area contributed by atoms with Gasteiger partial charge < -0.3 is 10.6 Å². The fraction of sp³-hybridized carbons (Fsp3) is 0.625. The summed E-state index contributed by atoms with van der Waals surface area (Å²) in [6, 6.07) is 0.309. The van der Waals surface area contributed by atoms with Crippen molar-refractivity contribution < 1.29 is 4.79 Å². The molecule has 0 saturated carbocycles. The number of carbonyl (C=O) groups excluding carboxylic acids is 1. The van der Waals surface area contributed by atoms with Crippen LogP contribution in [-0.4, -0.2) is 28.7 Å². The maximum absolute atomic E-state index is 11.1. The lowest BCUT2D eigenvalue weighted by atomic mass is 10.1. The highest BCUT2D eigenvalue weighted by atomic mass is 79.9. The number of halogens is 1. The fourth-order valence-corrected chi connectivity index (χ4v) is 2.59. The van der Waals surface area contributed by atoms with Crippen LogP contribution in [0.15, 0.2) is 3.92 Å². The second kappa shape index (κ2) is 4.89. The number of carbonyl (C=O) groups is 1. The fourth-order valence-electron chi connectivity index (χ4n) is 1.51. The molecule has 2 rings (SSSR count). The van der Waals surface area contributed by atoms with Gasteiger partial charge in [0.1, 0.15) is 0 Å². The van der Waals surface area contributed by atoms with E-state index in [0.29, 0.717) is 12.5 Å². The van der Waals surface area contributed by atoms with Gasteiger partial charge in [0.05, 0.1) is 0 Å². The number of hydrogen-bond donors (Lipinski definition) is 2. The van der Waals surface area contributed by atoms with Gasteiger partial charge in [-0.2, -0.15) is 0 Å². The molecule has 1 aromatic rings. The predicted molar refractivity (Wildman–Crippen MR) is 61.9 cm³/mol. The third-order valence-electron chi connectivity index (χ3n) is 2.26. The molecule has 2 heterocycles. The Hall–Kier alpha value is -0.690. The Bertz CT molecular complexity index is 356. The molecule has 0 spiro atoms. The van der Waals surface area contributed by atoms with Crippen molar-refractivity contribution in [2.45, 2.75) is 25.3 Å². The first-order valence-corrected chi connectivity index (χ1v) is 6.37. The molecule has 1 atom stereocenters. The van der Waals surface area contributed by atoms with E-state index < -0.39 is 0 Å². The number of rotatable bonds is 2. The minimum absolute atomic E-state index is 0.137. The first kappa shape index (κ1) is 10.8. The smallest absolute Gasteiger partial charge is 0.220 e. The Kier molecular flexibility index (Phi) is 3.53. The third-order valence-corrected chi connectivity index (χ3v) is 3.55. The molecule has 1 fully saturated rings. The molecule has 1 aliphatic rings. The van der Waals surface area contributed by atoms with E-state index >= 15 is 0 Å². The molecular formula is C8H11BrN4OS. The first-order valence-electron chi connectivity index (χ1n) is 4.76. The molecule has 5 nitrogen and oxygen atoms in total. The standard InChI is InChI=1S/C8H11BrN4OS/c9-7-12-13-8(15-7)11-5-1-2-6(14)10-4-3-5/h5H,1-4H2,(H,10,14)(H,11,13). The van der Waals surface area contributed by atoms with Crippen LogP contribution in [0.1, 0.15) is 19.3 Å². The molecule has 1 saturated heterocycles. The zero-order chi connectivity index (χ0) is 10.7. The largest absolute Gasteiger partial charge is 0.357 e. The molecule has 0 radical (unpaired) electrons. The van der Waals surface area contributed by atoms with E-state index in [-0.39, 0.29) is 5.91 Å². The summed E-state index contributed by atoms with van der Waals surface area (Å²) in [7, 11) is 0. The summed E-state index contributed by atoms with van der Waals surface area (Å²) in [5.41, 5.74) is 0. The zero-order valence-electron chi connectivity index (χ0n) is 7.99. The Morgan fingerprint density at radius 3 is 3.07 bits per heavy atom. The van der Waals surface area contributed by atoms with Crippen molar-refractivity contribution in [3.63, 3.8) is 0 Å². The molecule has 0 bridgehead atoms. The van der Waals surface area contributed by atoms with Crippen molar-refractivity contribution in [3.05, 3.63) is 3.92 Å². The van der Waals surface area contributed by atoms with Crippen LogP contribution in [0, 0.1) is 0 Å². The van der Waals surface area contributed by atoms with Crippen molar-refractivity contribution in [2.75, 3.05) is 11.9 Å². The molecule has 2 N–H and O–H groups in total. The van der Waals surface area contributed by atoms with Gasteiger partial charge in [-0.1, -0.05) is 11.3 Å². The summed E-state index contributed by atoms with van der Waals surface area (Å²) >= 11 is 4.73. The Morgan fingerprint density at radius 1 is 1.47 bits per heavy atom. The Morgan fingerprint density at radius 2 is 2.33 bits per heavy atom. The van der Waals surface area contributed by atoms with Crippen LogP contribution in [0.25, 0.3) is 0 Å². The molecule has 82 valence electrons. The van der Waals surface area contributed by atoms with Crippen LogP contribution >= 0.6 is 27.3 Å². The summed E-state index contributed by atoms with van der Waals surface area (Å²) in [6.45, 7) is 0.733. The van der Waals surface area contributed by atoms with Crippen molar-refractivity contribution in [3.8, 4) is 0 Å². The monoisotopic (exact) mass is 290 g/mol. The lowest BCUT2D eigenvalue weighted by Crippen LogP contribution is -2.23.